The van der Waals surface area contributed by atoms with Gasteiger partial charge in [-0.3, -0.25) is 0 Å². The summed E-state index contributed by atoms with van der Waals surface area (Å²) in [6.07, 6.45) is 1.57. The number of nitrogens with one attached hydrogen (secondary N) is 1. The van der Waals surface area contributed by atoms with Gasteiger partial charge in [0, 0.05) is 12.3 Å². The van der Waals surface area contributed by atoms with Gasteiger partial charge in [0.25, 0.3) is 0 Å². The molecule has 1 aliphatic carbocycles. The Labute approximate surface area is 287 Å². The molecule has 5 rings (SSSR count). The molecule has 1 N–H and O–H groups in total. The minimum atomic E-state index is -4.17. The molecule has 2 fully saturated rings. The number of aromatic nitrogens is 5. The Morgan fingerprint density at radius 3 is 2.54 bits per heavy atom. The second-order valence-electron chi connectivity index (χ2n) is 14.0. The summed E-state index contributed by atoms with van der Waals surface area (Å²) >= 11 is 7.41. The van der Waals surface area contributed by atoms with E-state index in [2.05, 4.69) is 33.2 Å². The number of hydrogen-bond donors (Lipinski definition) is 1. The van der Waals surface area contributed by atoms with Crippen molar-refractivity contribution in [1.29, 1.82) is 0 Å². The molecular weight excluding hydrogens is 690 g/mol. The number of ether oxygens (including phenoxy) is 2. The van der Waals surface area contributed by atoms with E-state index < -0.39 is 30.5 Å². The van der Waals surface area contributed by atoms with Crippen LogP contribution in [0.3, 0.4) is 0 Å². The molecule has 1 saturated carbocycles. The summed E-state index contributed by atoms with van der Waals surface area (Å²) in [5.41, 5.74) is -1.91. The van der Waals surface area contributed by atoms with Crippen molar-refractivity contribution in [2.45, 2.75) is 76.2 Å². The SMILES string of the molecule is CC(C)(C)OC(=O)N1CC(CCn2ccc(SNC(=O)c3ccc(-n4ccc(OCCCC5(C(F)(F)F)CC5)n4)nc3Cl)n2)C[PH]1(C)C. The van der Waals surface area contributed by atoms with E-state index in [1.165, 1.54) is 10.7 Å². The molecule has 2 amide bonds. The predicted molar refractivity (Wildman–Crippen MR) is 180 cm³/mol. The summed E-state index contributed by atoms with van der Waals surface area (Å²) in [4.78, 5) is 29.9. The molecule has 0 aromatic carbocycles. The van der Waals surface area contributed by atoms with Crippen molar-refractivity contribution in [3.05, 3.63) is 47.4 Å². The molecule has 3 aromatic rings. The monoisotopic (exact) mass is 731 g/mol. The first-order valence-corrected chi connectivity index (χ1v) is 20.2. The quantitative estimate of drug-likeness (QED) is 0.0898. The standard InChI is InChI=1S/C31H42ClF3N7O4PS/c1-29(2,3)46-28(44)42-19-21(20-47(42,4)5)9-15-40-16-11-25(38-40)48-39-27(43)22-7-8-23(36-26(22)32)41-17-10-24(37-41)45-18-6-12-30(13-14-30)31(33,34)35/h7-8,10-11,16-17,21,47H,6,9,12-15,18-20H2,1-5H3,(H,39,43). The number of hydrogen-bond acceptors (Lipinski definition) is 8. The third-order valence-corrected chi connectivity index (χ3v) is 13.0. The number of amides is 2. The van der Waals surface area contributed by atoms with Crippen LogP contribution in [0.4, 0.5) is 18.0 Å². The topological polar surface area (TPSA) is 116 Å². The third-order valence-electron chi connectivity index (χ3n) is 8.59. The molecule has 2 aliphatic rings. The fraction of sp³-hybridized carbons (Fsp3) is 0.581. The van der Waals surface area contributed by atoms with Gasteiger partial charge in [-0.05, 0) is 31.7 Å². The van der Waals surface area contributed by atoms with Gasteiger partial charge in [-0.25, -0.2) is 9.67 Å². The van der Waals surface area contributed by atoms with E-state index in [0.29, 0.717) is 29.9 Å². The minimum absolute atomic E-state index is 0.0283. The third kappa shape index (κ3) is 8.95. The van der Waals surface area contributed by atoms with E-state index in [1.807, 2.05) is 42.4 Å². The van der Waals surface area contributed by atoms with Gasteiger partial charge in [0.15, 0.2) is 5.82 Å². The van der Waals surface area contributed by atoms with Crippen LogP contribution in [0.1, 0.15) is 63.2 Å². The van der Waals surface area contributed by atoms with Gasteiger partial charge < -0.3 is 4.74 Å². The number of alkyl halides is 3. The van der Waals surface area contributed by atoms with Crippen molar-refractivity contribution >= 4 is 43.0 Å². The normalized spacial score (nSPS) is 19.2. The zero-order valence-electron chi connectivity index (χ0n) is 27.6. The molecule has 17 heteroatoms. The Hall–Kier alpha value is -3.03. The molecule has 0 spiro atoms. The predicted octanol–water partition coefficient (Wildman–Crippen LogP) is 7.24. The van der Waals surface area contributed by atoms with Crippen molar-refractivity contribution in [3.63, 3.8) is 0 Å². The fourth-order valence-electron chi connectivity index (χ4n) is 5.86. The van der Waals surface area contributed by atoms with Crippen molar-refractivity contribution in [2.24, 2.45) is 11.3 Å². The average Bonchev–Trinajstić information content (AvgIpc) is 3.29. The maximum absolute atomic E-state index is 13.1. The zero-order chi connectivity index (χ0) is 34.9. The number of carbonyl (C=O) groups excluding carboxylic acids is 2. The Morgan fingerprint density at radius 2 is 1.88 bits per heavy atom. The van der Waals surface area contributed by atoms with Crippen LogP contribution >= 0.6 is 31.0 Å². The van der Waals surface area contributed by atoms with E-state index in [1.54, 1.807) is 18.3 Å². The molecule has 48 heavy (non-hydrogen) atoms. The summed E-state index contributed by atoms with van der Waals surface area (Å²) in [6, 6.07) is 6.50. The number of aryl methyl sites for hydroxylation is 1. The van der Waals surface area contributed by atoms with Crippen LogP contribution in [0.15, 0.2) is 41.7 Å². The molecule has 1 unspecified atom stereocenters. The number of carbonyl (C=O) groups is 2. The Kier molecular flexibility index (Phi) is 10.6. The van der Waals surface area contributed by atoms with Crippen LogP contribution in [-0.4, -0.2) is 85.6 Å². The molecule has 264 valence electrons. The number of halogens is 4. The Balaban J connectivity index is 1.06. The molecule has 1 saturated heterocycles. The summed E-state index contributed by atoms with van der Waals surface area (Å²) in [5.74, 6) is 0.508. The first-order chi connectivity index (χ1) is 22.4. The summed E-state index contributed by atoms with van der Waals surface area (Å²) in [7, 11) is -1.91. The van der Waals surface area contributed by atoms with Crippen molar-refractivity contribution in [2.75, 3.05) is 32.6 Å². The zero-order valence-corrected chi connectivity index (χ0v) is 30.2. The van der Waals surface area contributed by atoms with Gasteiger partial charge in [0.05, 0.1) is 12.0 Å². The van der Waals surface area contributed by atoms with Crippen LogP contribution in [0.2, 0.25) is 5.15 Å². The Bertz CT molecular complexity index is 1620. The molecule has 0 bridgehead atoms. The van der Waals surface area contributed by atoms with Crippen LogP contribution in [0.25, 0.3) is 5.82 Å². The van der Waals surface area contributed by atoms with E-state index in [-0.39, 0.29) is 55.0 Å². The molecule has 11 nitrogen and oxygen atoms in total. The number of rotatable bonds is 12. The number of nitrogens with zero attached hydrogens (tertiary/aromatic N) is 6. The molecule has 3 aromatic heterocycles. The second kappa shape index (κ2) is 14.1. The van der Waals surface area contributed by atoms with Gasteiger partial charge in [-0.1, -0.05) is 11.6 Å². The van der Waals surface area contributed by atoms with Crippen LogP contribution in [-0.2, 0) is 11.3 Å². The molecule has 4 heterocycles. The average molecular weight is 732 g/mol. The van der Waals surface area contributed by atoms with Crippen molar-refractivity contribution < 1.29 is 32.2 Å². The van der Waals surface area contributed by atoms with Crippen LogP contribution in [0, 0.1) is 11.3 Å². The number of pyridine rings is 1. The van der Waals surface area contributed by atoms with E-state index in [9.17, 15) is 22.8 Å². The van der Waals surface area contributed by atoms with Gasteiger partial charge in [-0.2, -0.15) is 13.2 Å². The van der Waals surface area contributed by atoms with E-state index in [0.717, 1.165) is 24.5 Å². The van der Waals surface area contributed by atoms with Crippen molar-refractivity contribution in [3.8, 4) is 11.7 Å². The second-order valence-corrected chi connectivity index (χ2v) is 19.8. The molecular formula is C31H42ClF3N7O4PS. The molecule has 0 radical (unpaired) electrons. The first-order valence-electron chi connectivity index (χ1n) is 15.9. The van der Waals surface area contributed by atoms with E-state index >= 15 is 0 Å². The maximum atomic E-state index is 13.1. The Morgan fingerprint density at radius 1 is 1.12 bits per heavy atom. The summed E-state index contributed by atoms with van der Waals surface area (Å²) < 4.78 is 58.4. The van der Waals surface area contributed by atoms with Gasteiger partial charge in [0.1, 0.15) is 0 Å². The first kappa shape index (κ1) is 36.3. The molecule has 1 atom stereocenters. The fourth-order valence-corrected chi connectivity index (χ4v) is 9.93. The summed E-state index contributed by atoms with van der Waals surface area (Å²) in [5, 5.41) is 9.39. The van der Waals surface area contributed by atoms with Gasteiger partial charge in [-0.15, -0.1) is 5.10 Å². The van der Waals surface area contributed by atoms with Gasteiger partial charge >= 0.3 is 176 Å². The van der Waals surface area contributed by atoms with Crippen molar-refractivity contribution in [1.82, 2.24) is 33.9 Å². The molecule has 1 aliphatic heterocycles. The van der Waals surface area contributed by atoms with Gasteiger partial charge in [0.2, 0.25) is 5.88 Å². The van der Waals surface area contributed by atoms with Crippen LogP contribution < -0.4 is 9.46 Å². The summed E-state index contributed by atoms with van der Waals surface area (Å²) in [6.45, 7) is 11.5. The van der Waals surface area contributed by atoms with E-state index in [4.69, 9.17) is 21.1 Å². The van der Waals surface area contributed by atoms with Crippen LogP contribution in [0.5, 0.6) is 5.88 Å².